The molecule has 0 unspecified atom stereocenters. The van der Waals surface area contributed by atoms with Gasteiger partial charge in [0.1, 0.15) is 0 Å². The minimum atomic E-state index is -1.87. The molecule has 0 amide bonds. The zero-order chi connectivity index (χ0) is 12.4. The van der Waals surface area contributed by atoms with Crippen LogP contribution in [0.5, 0.6) is 0 Å². The van der Waals surface area contributed by atoms with Crippen LogP contribution in [0.15, 0.2) is 0 Å². The van der Waals surface area contributed by atoms with Crippen LogP contribution in [0.25, 0.3) is 0 Å². The smallest absolute Gasteiger partial charge is 0.306 e. The van der Waals surface area contributed by atoms with Gasteiger partial charge < -0.3 is 14.0 Å². The van der Waals surface area contributed by atoms with Crippen molar-refractivity contribution < 1.29 is 23.6 Å². The van der Waals surface area contributed by atoms with Crippen LogP contribution in [0.2, 0.25) is 0 Å². The van der Waals surface area contributed by atoms with Crippen molar-refractivity contribution in [1.82, 2.24) is 0 Å². The van der Waals surface area contributed by atoms with E-state index in [0.29, 0.717) is 25.5 Å². The molecule has 0 atom stereocenters. The highest BCUT2D eigenvalue weighted by Gasteiger charge is 2.09. The maximum absolute atomic E-state index is 11.4. The SMILES string of the molecule is CCOC(=O)CC[PH](=O)CCC(=O)OCC. The van der Waals surface area contributed by atoms with Gasteiger partial charge in [0.2, 0.25) is 0 Å². The summed E-state index contributed by atoms with van der Waals surface area (Å²) in [7, 11) is -1.87. The molecule has 0 aliphatic rings. The van der Waals surface area contributed by atoms with Gasteiger partial charge in [-0.05, 0) is 13.8 Å². The Labute approximate surface area is 96.3 Å². The van der Waals surface area contributed by atoms with E-state index in [4.69, 9.17) is 9.47 Å². The molecule has 0 radical (unpaired) electrons. The van der Waals surface area contributed by atoms with Crippen LogP contribution in [-0.2, 0) is 23.6 Å². The molecule has 6 heteroatoms. The minimum absolute atomic E-state index is 0.161. The first kappa shape index (κ1) is 15.2. The zero-order valence-electron chi connectivity index (χ0n) is 9.78. The summed E-state index contributed by atoms with van der Waals surface area (Å²) in [6.45, 7) is 4.12. The Morgan fingerprint density at radius 2 is 1.31 bits per heavy atom. The lowest BCUT2D eigenvalue weighted by molar-refractivity contribution is -0.143. The molecule has 0 N–H and O–H groups in total. The number of hydrogen-bond acceptors (Lipinski definition) is 5. The van der Waals surface area contributed by atoms with Crippen molar-refractivity contribution in [2.24, 2.45) is 0 Å². The van der Waals surface area contributed by atoms with Crippen molar-refractivity contribution in [3.63, 3.8) is 0 Å². The molecule has 16 heavy (non-hydrogen) atoms. The van der Waals surface area contributed by atoms with Crippen LogP contribution < -0.4 is 0 Å². The average molecular weight is 250 g/mol. The Morgan fingerprint density at radius 3 is 1.62 bits per heavy atom. The maximum atomic E-state index is 11.4. The summed E-state index contributed by atoms with van der Waals surface area (Å²) in [5.74, 6) is -0.672. The predicted octanol–water partition coefficient (Wildman–Crippen LogP) is 1.45. The summed E-state index contributed by atoms with van der Waals surface area (Å²) >= 11 is 0. The van der Waals surface area contributed by atoms with E-state index in [9.17, 15) is 14.2 Å². The number of carbonyl (C=O) groups is 2. The molecule has 0 fully saturated rings. The fourth-order valence-corrected chi connectivity index (χ4v) is 2.29. The van der Waals surface area contributed by atoms with Gasteiger partial charge in [0.25, 0.3) is 0 Å². The van der Waals surface area contributed by atoms with Gasteiger partial charge in [-0.2, -0.15) is 0 Å². The number of rotatable bonds is 8. The van der Waals surface area contributed by atoms with Crippen LogP contribution in [-0.4, -0.2) is 37.5 Å². The second kappa shape index (κ2) is 9.40. The molecule has 5 nitrogen and oxygen atoms in total. The van der Waals surface area contributed by atoms with Gasteiger partial charge in [-0.15, -0.1) is 0 Å². The molecule has 0 rings (SSSR count). The topological polar surface area (TPSA) is 69.7 Å². The molecular weight excluding hydrogens is 231 g/mol. The van der Waals surface area contributed by atoms with Crippen molar-refractivity contribution in [2.45, 2.75) is 26.7 Å². The second-order valence-corrected chi connectivity index (χ2v) is 5.23. The Hall–Kier alpha value is -0.830. The molecule has 0 aromatic heterocycles. The summed E-state index contributed by atoms with van der Waals surface area (Å²) in [6, 6.07) is 0. The van der Waals surface area contributed by atoms with Gasteiger partial charge in [-0.1, -0.05) is 0 Å². The quantitative estimate of drug-likeness (QED) is 0.481. The zero-order valence-corrected chi connectivity index (χ0v) is 10.8. The van der Waals surface area contributed by atoms with Gasteiger partial charge >= 0.3 is 11.9 Å². The van der Waals surface area contributed by atoms with Crippen molar-refractivity contribution in [2.75, 3.05) is 25.5 Å². The van der Waals surface area contributed by atoms with Crippen molar-refractivity contribution >= 4 is 19.7 Å². The lowest BCUT2D eigenvalue weighted by Crippen LogP contribution is -2.07. The fraction of sp³-hybridized carbons (Fsp3) is 0.800. The molecule has 0 spiro atoms. The van der Waals surface area contributed by atoms with Gasteiger partial charge in [0, 0.05) is 12.3 Å². The van der Waals surface area contributed by atoms with E-state index in [2.05, 4.69) is 0 Å². The average Bonchev–Trinajstić information content (AvgIpc) is 2.24. The van der Waals surface area contributed by atoms with E-state index in [1.807, 2.05) is 0 Å². The molecule has 0 bridgehead atoms. The molecule has 0 aromatic carbocycles. The third kappa shape index (κ3) is 8.48. The monoisotopic (exact) mass is 250 g/mol. The summed E-state index contributed by atoms with van der Waals surface area (Å²) in [5, 5.41) is 0. The lowest BCUT2D eigenvalue weighted by Gasteiger charge is -2.03. The maximum Gasteiger partial charge on any atom is 0.306 e. The van der Waals surface area contributed by atoms with Crippen LogP contribution in [0.3, 0.4) is 0 Å². The Balaban J connectivity index is 3.59. The fourth-order valence-electron chi connectivity index (χ4n) is 1.07. The van der Waals surface area contributed by atoms with Gasteiger partial charge in [-0.25, -0.2) is 0 Å². The van der Waals surface area contributed by atoms with E-state index in [-0.39, 0.29) is 24.8 Å². The van der Waals surface area contributed by atoms with Crippen LogP contribution in [0.4, 0.5) is 0 Å². The van der Waals surface area contributed by atoms with E-state index >= 15 is 0 Å². The van der Waals surface area contributed by atoms with Crippen molar-refractivity contribution in [1.29, 1.82) is 0 Å². The van der Waals surface area contributed by atoms with Gasteiger partial charge in [0.05, 0.1) is 33.9 Å². The Kier molecular flexibility index (Phi) is 8.91. The third-order valence-corrected chi connectivity index (χ3v) is 3.44. The number of esters is 2. The largest absolute Gasteiger partial charge is 0.466 e. The molecule has 94 valence electrons. The summed E-state index contributed by atoms with van der Waals surface area (Å²) in [5.41, 5.74) is 0. The molecule has 0 aliphatic heterocycles. The number of ether oxygens (including phenoxy) is 2. The second-order valence-electron chi connectivity index (χ2n) is 3.15. The first-order chi connectivity index (χ1) is 7.60. The summed E-state index contributed by atoms with van der Waals surface area (Å²) < 4.78 is 20.8. The standard InChI is InChI=1S/C10H19O5P/c1-3-14-9(11)5-7-16(13)8-6-10(12)15-4-2/h16H,3-8H2,1-2H3. The molecule has 0 heterocycles. The first-order valence-electron chi connectivity index (χ1n) is 5.43. The van der Waals surface area contributed by atoms with Crippen molar-refractivity contribution in [3.8, 4) is 0 Å². The summed E-state index contributed by atoms with van der Waals surface area (Å²) in [4.78, 5) is 21.9. The molecule has 0 aromatic rings. The van der Waals surface area contributed by atoms with Crippen LogP contribution in [0.1, 0.15) is 26.7 Å². The number of hydrogen-bond donors (Lipinski definition) is 0. The Bertz CT molecular complexity index is 228. The molecule has 0 saturated carbocycles. The number of carbonyl (C=O) groups excluding carboxylic acids is 2. The third-order valence-electron chi connectivity index (χ3n) is 1.83. The lowest BCUT2D eigenvalue weighted by atomic mass is 10.5. The highest BCUT2D eigenvalue weighted by Crippen LogP contribution is 2.22. The van der Waals surface area contributed by atoms with Gasteiger partial charge in [-0.3, -0.25) is 9.59 Å². The van der Waals surface area contributed by atoms with Crippen LogP contribution in [0, 0.1) is 0 Å². The van der Waals surface area contributed by atoms with E-state index in [0.717, 1.165) is 0 Å². The van der Waals surface area contributed by atoms with Gasteiger partial charge in [0.15, 0.2) is 0 Å². The van der Waals surface area contributed by atoms with E-state index in [1.54, 1.807) is 13.8 Å². The predicted molar refractivity (Wildman–Crippen MR) is 61.2 cm³/mol. The van der Waals surface area contributed by atoms with Crippen LogP contribution >= 0.6 is 7.80 Å². The normalized spacial score (nSPS) is 10.2. The van der Waals surface area contributed by atoms with E-state index < -0.39 is 7.80 Å². The van der Waals surface area contributed by atoms with E-state index in [1.165, 1.54) is 0 Å². The minimum Gasteiger partial charge on any atom is -0.466 e. The Morgan fingerprint density at radius 1 is 0.938 bits per heavy atom. The molecule has 0 saturated heterocycles. The molecular formula is C10H19O5P. The first-order valence-corrected chi connectivity index (χ1v) is 7.25. The summed E-state index contributed by atoms with van der Waals surface area (Å²) in [6.07, 6.45) is 0.939. The highest BCUT2D eigenvalue weighted by atomic mass is 31.1. The van der Waals surface area contributed by atoms with Crippen molar-refractivity contribution in [3.05, 3.63) is 0 Å². The highest BCUT2D eigenvalue weighted by molar-refractivity contribution is 7.44. The molecule has 0 aliphatic carbocycles.